The summed E-state index contributed by atoms with van der Waals surface area (Å²) in [5.74, 6) is 0. The first kappa shape index (κ1) is 33.6. The van der Waals surface area contributed by atoms with Gasteiger partial charge < -0.3 is 0 Å². The molecule has 0 heterocycles. The second-order valence-electron chi connectivity index (χ2n) is 8.88. The summed E-state index contributed by atoms with van der Waals surface area (Å²) in [6.45, 7) is 4.56. The van der Waals surface area contributed by atoms with E-state index in [1.807, 2.05) is 0 Å². The minimum atomic E-state index is -4.05. The molecule has 31 heavy (non-hydrogen) atoms. The zero-order chi connectivity index (χ0) is 22.3. The zero-order valence-electron chi connectivity index (χ0n) is 20.1. The summed E-state index contributed by atoms with van der Waals surface area (Å²) < 4.78 is 42.6. The van der Waals surface area contributed by atoms with Crippen LogP contribution in [0.4, 0.5) is 4.39 Å². The van der Waals surface area contributed by atoms with Gasteiger partial charge in [0.1, 0.15) is 0 Å². The van der Waals surface area contributed by atoms with E-state index in [1.54, 1.807) is 0 Å². The van der Waals surface area contributed by atoms with Gasteiger partial charge in [0.15, 0.2) is 0 Å². The van der Waals surface area contributed by atoms with Crippen LogP contribution < -0.4 is 0 Å². The van der Waals surface area contributed by atoms with Crippen molar-refractivity contribution in [1.82, 2.24) is 0 Å². The predicted molar refractivity (Wildman–Crippen MR) is 135 cm³/mol. The normalized spacial score (nSPS) is 12.6. The quantitative estimate of drug-likeness (QED) is 0.0831. The standard InChI is InChI=1S/C25H51FO3S.Li.H/c1-3-5-7-9-11-13-14-15-16-18-20-22-24-29-30(27,28)25(26)23-21-19-17-12-10-8-6-4-2;;/h25H,3-24H2,1-2H3;;. The Bertz CT molecular complexity index is 446. The number of unbranched alkanes of at least 4 members (excludes halogenated alkanes) is 18. The van der Waals surface area contributed by atoms with E-state index < -0.39 is 15.6 Å². The molecule has 0 aromatic carbocycles. The van der Waals surface area contributed by atoms with Crippen molar-refractivity contribution in [2.75, 3.05) is 6.61 Å². The summed E-state index contributed by atoms with van der Waals surface area (Å²) in [6, 6.07) is 0. The van der Waals surface area contributed by atoms with Crippen LogP contribution in [0.25, 0.3) is 0 Å². The van der Waals surface area contributed by atoms with Crippen molar-refractivity contribution in [2.24, 2.45) is 0 Å². The molecular weight excluding hydrogens is 406 g/mol. The molecule has 0 rings (SSSR count). The first-order valence-corrected chi connectivity index (χ1v) is 14.5. The molecular formula is C25H52FLiO3S. The monoisotopic (exact) mass is 458 g/mol. The summed E-state index contributed by atoms with van der Waals surface area (Å²) in [4.78, 5) is 0. The average molecular weight is 459 g/mol. The first-order valence-electron chi connectivity index (χ1n) is 13.1. The molecule has 0 bridgehead atoms. The van der Waals surface area contributed by atoms with E-state index in [4.69, 9.17) is 4.18 Å². The molecule has 0 aliphatic heterocycles. The van der Waals surface area contributed by atoms with Crippen LogP contribution in [0, 0.1) is 0 Å². The Labute approximate surface area is 206 Å². The van der Waals surface area contributed by atoms with E-state index in [1.165, 1.54) is 89.9 Å². The van der Waals surface area contributed by atoms with Gasteiger partial charge in [-0.2, -0.15) is 8.42 Å². The maximum absolute atomic E-state index is 14.0. The summed E-state index contributed by atoms with van der Waals surface area (Å²) in [5, 5.41) is 0. The van der Waals surface area contributed by atoms with Crippen LogP contribution in [-0.2, 0) is 14.3 Å². The molecule has 0 aromatic heterocycles. The summed E-state index contributed by atoms with van der Waals surface area (Å²) in [6.07, 6.45) is 23.5. The Balaban J connectivity index is 0. The van der Waals surface area contributed by atoms with Gasteiger partial charge >= 0.3 is 18.9 Å². The third-order valence-electron chi connectivity index (χ3n) is 5.84. The Morgan fingerprint density at radius 2 is 0.903 bits per heavy atom. The third kappa shape index (κ3) is 23.4. The van der Waals surface area contributed by atoms with Crippen molar-refractivity contribution in [2.45, 2.75) is 154 Å². The van der Waals surface area contributed by atoms with E-state index in [2.05, 4.69) is 13.8 Å². The molecule has 0 N–H and O–H groups in total. The molecule has 0 aliphatic rings. The average Bonchev–Trinajstić information content (AvgIpc) is 2.73. The number of halogens is 1. The molecule has 0 fully saturated rings. The van der Waals surface area contributed by atoms with Crippen LogP contribution in [0.3, 0.4) is 0 Å². The summed E-state index contributed by atoms with van der Waals surface area (Å²) in [7, 11) is -4.05. The molecule has 0 saturated carbocycles. The van der Waals surface area contributed by atoms with Gasteiger partial charge in [0, 0.05) is 0 Å². The minimum absolute atomic E-state index is 0. The van der Waals surface area contributed by atoms with E-state index >= 15 is 0 Å². The molecule has 0 aliphatic carbocycles. The van der Waals surface area contributed by atoms with Gasteiger partial charge in [0.2, 0.25) is 5.50 Å². The van der Waals surface area contributed by atoms with E-state index in [9.17, 15) is 12.8 Å². The fourth-order valence-corrected chi connectivity index (χ4v) is 4.73. The van der Waals surface area contributed by atoms with E-state index in [0.717, 1.165) is 25.7 Å². The van der Waals surface area contributed by atoms with Crippen molar-refractivity contribution < 1.29 is 17.0 Å². The Kier molecular flexibility index (Phi) is 27.2. The molecule has 0 amide bonds. The Morgan fingerprint density at radius 1 is 0.581 bits per heavy atom. The first-order chi connectivity index (χ1) is 14.5. The molecule has 6 heteroatoms. The number of hydrogen-bond donors (Lipinski definition) is 0. The van der Waals surface area contributed by atoms with Crippen molar-refractivity contribution >= 4 is 29.0 Å². The molecule has 0 spiro atoms. The van der Waals surface area contributed by atoms with Crippen LogP contribution in [-0.4, -0.2) is 39.4 Å². The van der Waals surface area contributed by atoms with Gasteiger partial charge in [-0.15, -0.1) is 0 Å². The third-order valence-corrected chi connectivity index (χ3v) is 7.20. The van der Waals surface area contributed by atoms with Crippen LogP contribution in [0.5, 0.6) is 0 Å². The second kappa shape index (κ2) is 25.1. The topological polar surface area (TPSA) is 43.4 Å². The molecule has 184 valence electrons. The van der Waals surface area contributed by atoms with Gasteiger partial charge in [-0.25, -0.2) is 4.39 Å². The van der Waals surface area contributed by atoms with Crippen LogP contribution in [0.2, 0.25) is 0 Å². The number of hydrogen-bond acceptors (Lipinski definition) is 3. The van der Waals surface area contributed by atoms with Gasteiger partial charge in [-0.05, 0) is 19.3 Å². The fraction of sp³-hybridized carbons (Fsp3) is 1.00. The predicted octanol–water partition coefficient (Wildman–Crippen LogP) is 8.21. The molecule has 3 nitrogen and oxygen atoms in total. The van der Waals surface area contributed by atoms with E-state index in [-0.39, 0.29) is 31.9 Å². The zero-order valence-corrected chi connectivity index (χ0v) is 21.0. The SMILES string of the molecule is CCCCCCCCCCCCCCOS(=O)(=O)C(F)CCCCCCCCCC.[LiH]. The van der Waals surface area contributed by atoms with Gasteiger partial charge in [0.05, 0.1) is 6.61 Å². The summed E-state index contributed by atoms with van der Waals surface area (Å²) >= 11 is 0. The number of alkyl halides is 1. The van der Waals surface area contributed by atoms with E-state index in [0.29, 0.717) is 12.8 Å². The van der Waals surface area contributed by atoms with Gasteiger partial charge in [0.25, 0.3) is 10.1 Å². The van der Waals surface area contributed by atoms with Crippen LogP contribution >= 0.6 is 0 Å². The number of rotatable bonds is 24. The second-order valence-corrected chi connectivity index (χ2v) is 10.6. The molecule has 0 aromatic rings. The van der Waals surface area contributed by atoms with Crippen molar-refractivity contribution in [3.05, 3.63) is 0 Å². The van der Waals surface area contributed by atoms with Crippen molar-refractivity contribution in [3.8, 4) is 0 Å². The molecule has 1 atom stereocenters. The Morgan fingerprint density at radius 3 is 1.29 bits per heavy atom. The van der Waals surface area contributed by atoms with Crippen molar-refractivity contribution in [3.63, 3.8) is 0 Å². The van der Waals surface area contributed by atoms with Gasteiger partial charge in [-0.1, -0.05) is 129 Å². The van der Waals surface area contributed by atoms with Gasteiger partial charge in [-0.3, -0.25) is 4.18 Å². The fourth-order valence-electron chi connectivity index (χ4n) is 3.78. The maximum atomic E-state index is 14.0. The van der Waals surface area contributed by atoms with Crippen LogP contribution in [0.1, 0.15) is 149 Å². The van der Waals surface area contributed by atoms with Crippen molar-refractivity contribution in [1.29, 1.82) is 0 Å². The molecule has 1 unspecified atom stereocenters. The Hall–Kier alpha value is 0.437. The molecule has 0 saturated heterocycles. The molecule has 0 radical (unpaired) electrons. The van der Waals surface area contributed by atoms with Crippen LogP contribution in [0.15, 0.2) is 0 Å². The summed E-state index contributed by atoms with van der Waals surface area (Å²) in [5.41, 5.74) is -1.87.